The Morgan fingerprint density at radius 1 is 1.21 bits per heavy atom. The highest BCUT2D eigenvalue weighted by Gasteiger charge is 2.05. The van der Waals surface area contributed by atoms with Crippen LogP contribution in [0.15, 0.2) is 55.1 Å². The maximum atomic E-state index is 4.36. The third-order valence-electron chi connectivity index (χ3n) is 2.62. The van der Waals surface area contributed by atoms with Gasteiger partial charge < -0.3 is 0 Å². The van der Waals surface area contributed by atoms with Gasteiger partial charge in [-0.3, -0.25) is 0 Å². The summed E-state index contributed by atoms with van der Waals surface area (Å²) in [7, 11) is 0. The molecule has 0 spiro atoms. The lowest BCUT2D eigenvalue weighted by Crippen LogP contribution is -1.98. The van der Waals surface area contributed by atoms with Crippen LogP contribution < -0.4 is 0 Å². The molecule has 4 nitrogen and oxygen atoms in total. The second-order valence-corrected chi connectivity index (χ2v) is 4.21. The van der Waals surface area contributed by atoms with Gasteiger partial charge in [-0.15, -0.1) is 15.0 Å². The molecule has 96 valence electrons. The van der Waals surface area contributed by atoms with Gasteiger partial charge in [-0.1, -0.05) is 48.6 Å². The minimum Gasteiger partial charge on any atom is -0.131 e. The molecule has 0 saturated carbocycles. The molecule has 0 fully saturated rings. The first kappa shape index (κ1) is 13.0. The van der Waals surface area contributed by atoms with Crippen molar-refractivity contribution in [3.63, 3.8) is 0 Å². The minimum absolute atomic E-state index is 0.620. The van der Waals surface area contributed by atoms with E-state index in [0.717, 1.165) is 11.3 Å². The maximum absolute atomic E-state index is 4.36. The molecule has 0 radical (unpaired) electrons. The monoisotopic (exact) mass is 252 g/mol. The van der Waals surface area contributed by atoms with Crippen molar-refractivity contribution in [1.29, 1.82) is 0 Å². The zero-order chi connectivity index (χ0) is 13.7. The summed E-state index contributed by atoms with van der Waals surface area (Å²) in [4.78, 5) is 1.53. The third-order valence-corrected chi connectivity index (χ3v) is 2.62. The largest absolute Gasteiger partial charge is 0.201 e. The lowest BCUT2D eigenvalue weighted by atomic mass is 10.2. The number of aryl methyl sites for hydroxylation is 1. The zero-order valence-corrected chi connectivity index (χ0v) is 11.1. The van der Waals surface area contributed by atoms with Crippen molar-refractivity contribution in [2.24, 2.45) is 0 Å². The Morgan fingerprint density at radius 3 is 2.63 bits per heavy atom. The summed E-state index contributed by atoms with van der Waals surface area (Å²) in [5.41, 5.74) is 3.06. The lowest BCUT2D eigenvalue weighted by Gasteiger charge is -1.98. The van der Waals surface area contributed by atoms with Crippen molar-refractivity contribution < 1.29 is 0 Å². The quantitative estimate of drug-likeness (QED) is 0.785. The van der Waals surface area contributed by atoms with Crippen LogP contribution in [0.3, 0.4) is 0 Å². The molecule has 2 aromatic rings. The Hall–Kier alpha value is -2.49. The average molecular weight is 252 g/mol. The lowest BCUT2D eigenvalue weighted by molar-refractivity contribution is 0.719. The Labute approximate surface area is 112 Å². The molecule has 0 aliphatic carbocycles. The topological polar surface area (TPSA) is 43.6 Å². The molecule has 0 amide bonds. The van der Waals surface area contributed by atoms with Crippen molar-refractivity contribution in [3.8, 4) is 5.69 Å². The molecule has 0 atom stereocenters. The highest BCUT2D eigenvalue weighted by atomic mass is 15.6. The van der Waals surface area contributed by atoms with E-state index in [0.29, 0.717) is 5.82 Å². The average Bonchev–Trinajstić information content (AvgIpc) is 2.89. The van der Waals surface area contributed by atoms with Gasteiger partial charge in [0.2, 0.25) is 5.82 Å². The number of allylic oxidation sites excluding steroid dienone is 5. The van der Waals surface area contributed by atoms with Crippen LogP contribution in [0.5, 0.6) is 0 Å². The predicted molar refractivity (Wildman–Crippen MR) is 76.9 cm³/mol. The summed E-state index contributed by atoms with van der Waals surface area (Å²) in [5, 5.41) is 12.5. The molecule has 0 aliphatic rings. The number of hydrogen-bond acceptors (Lipinski definition) is 3. The smallest absolute Gasteiger partial charge is 0.131 e. The van der Waals surface area contributed by atoms with Crippen molar-refractivity contribution in [3.05, 3.63) is 66.5 Å². The number of rotatable bonds is 4. The Morgan fingerprint density at radius 2 is 1.95 bits per heavy atom. The van der Waals surface area contributed by atoms with Crippen LogP contribution in [0.25, 0.3) is 11.3 Å². The minimum atomic E-state index is 0.620. The van der Waals surface area contributed by atoms with E-state index < -0.39 is 0 Å². The molecular formula is C15H16N4. The van der Waals surface area contributed by atoms with Gasteiger partial charge in [-0.2, -0.15) is 0 Å². The molecule has 2 rings (SSSR count). The van der Waals surface area contributed by atoms with Crippen LogP contribution in [0.4, 0.5) is 0 Å². The molecule has 19 heavy (non-hydrogen) atoms. The van der Waals surface area contributed by atoms with E-state index in [1.807, 2.05) is 56.3 Å². The molecule has 0 N–H and O–H groups in total. The fourth-order valence-electron chi connectivity index (χ4n) is 1.51. The van der Waals surface area contributed by atoms with Gasteiger partial charge in [0.25, 0.3) is 0 Å². The van der Waals surface area contributed by atoms with Crippen molar-refractivity contribution >= 4 is 5.57 Å². The van der Waals surface area contributed by atoms with E-state index in [9.17, 15) is 0 Å². The van der Waals surface area contributed by atoms with Gasteiger partial charge in [0.05, 0.1) is 5.69 Å². The summed E-state index contributed by atoms with van der Waals surface area (Å²) in [5.74, 6) is 0.620. The number of benzene rings is 1. The molecule has 0 unspecified atom stereocenters. The molecule has 1 aromatic carbocycles. The molecule has 4 heteroatoms. The molecule has 1 heterocycles. The van der Waals surface area contributed by atoms with Crippen LogP contribution >= 0.6 is 0 Å². The van der Waals surface area contributed by atoms with Gasteiger partial charge in [-0.05, 0) is 36.8 Å². The first-order valence-corrected chi connectivity index (χ1v) is 6.04. The van der Waals surface area contributed by atoms with Crippen molar-refractivity contribution in [1.82, 2.24) is 20.2 Å². The highest BCUT2D eigenvalue weighted by molar-refractivity contribution is 5.58. The third kappa shape index (κ3) is 3.25. The van der Waals surface area contributed by atoms with Crippen LogP contribution in [0.2, 0.25) is 0 Å². The van der Waals surface area contributed by atoms with Crippen molar-refractivity contribution in [2.45, 2.75) is 13.8 Å². The summed E-state index contributed by atoms with van der Waals surface area (Å²) >= 11 is 0. The fourth-order valence-corrected chi connectivity index (χ4v) is 1.51. The van der Waals surface area contributed by atoms with E-state index in [2.05, 4.69) is 22.0 Å². The molecule has 0 aliphatic heterocycles. The van der Waals surface area contributed by atoms with Gasteiger partial charge in [0, 0.05) is 0 Å². The zero-order valence-electron chi connectivity index (χ0n) is 11.1. The number of hydrogen-bond donors (Lipinski definition) is 0. The SMILES string of the molecule is C=C/C=C\C=C(/C)c1nnn(-c2ccc(C)cc2)n1. The van der Waals surface area contributed by atoms with E-state index >= 15 is 0 Å². The van der Waals surface area contributed by atoms with Gasteiger partial charge in [0.1, 0.15) is 0 Å². The van der Waals surface area contributed by atoms with Crippen molar-refractivity contribution in [2.75, 3.05) is 0 Å². The summed E-state index contributed by atoms with van der Waals surface area (Å²) in [6.45, 7) is 7.61. The van der Waals surface area contributed by atoms with Crippen LogP contribution in [0, 0.1) is 6.92 Å². The Bertz CT molecular complexity index is 618. The second-order valence-electron chi connectivity index (χ2n) is 4.21. The fraction of sp³-hybridized carbons (Fsp3) is 0.133. The van der Waals surface area contributed by atoms with Gasteiger partial charge >= 0.3 is 0 Å². The Kier molecular flexibility index (Phi) is 4.03. The Balaban J connectivity index is 2.23. The van der Waals surface area contributed by atoms with Crippen LogP contribution in [-0.2, 0) is 0 Å². The first-order chi connectivity index (χ1) is 9.20. The van der Waals surface area contributed by atoms with Crippen LogP contribution in [-0.4, -0.2) is 20.2 Å². The van der Waals surface area contributed by atoms with E-state index in [1.54, 1.807) is 6.08 Å². The normalized spacial score (nSPS) is 12.0. The number of aromatic nitrogens is 4. The van der Waals surface area contributed by atoms with E-state index in [1.165, 1.54) is 10.4 Å². The standard InChI is InChI=1S/C15H16N4/c1-4-5-6-7-13(3)15-16-18-19(17-15)14-10-8-12(2)9-11-14/h4-11H,1H2,2-3H3/b6-5-,13-7+. The number of nitrogens with zero attached hydrogens (tertiary/aromatic N) is 4. The summed E-state index contributed by atoms with van der Waals surface area (Å²) in [6.07, 6.45) is 7.40. The predicted octanol–water partition coefficient (Wildman–Crippen LogP) is 3.12. The molecule has 1 aromatic heterocycles. The van der Waals surface area contributed by atoms with E-state index in [-0.39, 0.29) is 0 Å². The maximum Gasteiger partial charge on any atom is 0.201 e. The highest BCUT2D eigenvalue weighted by Crippen LogP contribution is 2.10. The summed E-state index contributed by atoms with van der Waals surface area (Å²) < 4.78 is 0. The second kappa shape index (κ2) is 5.91. The van der Waals surface area contributed by atoms with Crippen LogP contribution in [0.1, 0.15) is 18.3 Å². The number of tetrazole rings is 1. The first-order valence-electron chi connectivity index (χ1n) is 6.04. The molecular weight excluding hydrogens is 236 g/mol. The summed E-state index contributed by atoms with van der Waals surface area (Å²) in [6, 6.07) is 7.98. The van der Waals surface area contributed by atoms with Gasteiger partial charge in [0.15, 0.2) is 0 Å². The molecule has 0 saturated heterocycles. The van der Waals surface area contributed by atoms with Gasteiger partial charge in [-0.25, -0.2) is 0 Å². The molecule has 0 bridgehead atoms. The van der Waals surface area contributed by atoms with E-state index in [4.69, 9.17) is 0 Å².